The fraction of sp³-hybridized carbons (Fsp3) is 1.00. The van der Waals surface area contributed by atoms with Gasteiger partial charge in [0.2, 0.25) is 0 Å². The largest absolute Gasteiger partial charge is 0.315 e. The summed E-state index contributed by atoms with van der Waals surface area (Å²) in [6, 6.07) is 0. The van der Waals surface area contributed by atoms with Crippen molar-refractivity contribution in [3.63, 3.8) is 0 Å². The van der Waals surface area contributed by atoms with Gasteiger partial charge in [0.1, 0.15) is 0 Å². The molecule has 0 heterocycles. The van der Waals surface area contributed by atoms with E-state index in [1.54, 1.807) is 20.8 Å². The topological polar surface area (TPSA) is 46.2 Å². The van der Waals surface area contributed by atoms with E-state index in [2.05, 4.69) is 33.0 Å². The third kappa shape index (κ3) is 5.70. The number of hydrogen-bond donors (Lipinski definition) is 1. The normalized spacial score (nSPS) is 13.9. The van der Waals surface area contributed by atoms with E-state index in [-0.39, 0.29) is 5.75 Å². The van der Waals surface area contributed by atoms with Crippen LogP contribution >= 0.6 is 0 Å². The van der Waals surface area contributed by atoms with E-state index in [0.29, 0.717) is 24.3 Å². The van der Waals surface area contributed by atoms with Gasteiger partial charge < -0.3 is 5.32 Å². The lowest BCUT2D eigenvalue weighted by atomic mass is 9.85. The van der Waals surface area contributed by atoms with Crippen LogP contribution in [0.15, 0.2) is 0 Å². The number of sulfone groups is 1. The Morgan fingerprint density at radius 2 is 1.44 bits per heavy atom. The van der Waals surface area contributed by atoms with Crippen molar-refractivity contribution in [1.29, 1.82) is 0 Å². The lowest BCUT2D eigenvalue weighted by molar-refractivity contribution is 0.278. The van der Waals surface area contributed by atoms with Crippen molar-refractivity contribution >= 4 is 9.84 Å². The Morgan fingerprint density at radius 3 is 1.78 bits per heavy atom. The summed E-state index contributed by atoms with van der Waals surface area (Å²) in [6.07, 6.45) is 0. The van der Waals surface area contributed by atoms with Crippen molar-refractivity contribution in [1.82, 2.24) is 5.32 Å². The number of hydrogen-bond acceptors (Lipinski definition) is 3. The molecule has 0 saturated heterocycles. The fourth-order valence-corrected chi connectivity index (χ4v) is 3.05. The summed E-state index contributed by atoms with van der Waals surface area (Å²) < 4.78 is 23.2. The van der Waals surface area contributed by atoms with Crippen LogP contribution in [0.3, 0.4) is 0 Å². The van der Waals surface area contributed by atoms with Gasteiger partial charge in [-0.3, -0.25) is 0 Å². The van der Waals surface area contributed by atoms with Crippen molar-refractivity contribution in [2.24, 2.45) is 17.8 Å². The van der Waals surface area contributed by atoms with E-state index in [4.69, 9.17) is 0 Å². The molecular formula is C14H31NO2S. The zero-order chi connectivity index (χ0) is 14.6. The van der Waals surface area contributed by atoms with Gasteiger partial charge in [0, 0.05) is 6.54 Å². The van der Waals surface area contributed by atoms with E-state index in [1.807, 2.05) is 0 Å². The highest BCUT2D eigenvalue weighted by Crippen LogP contribution is 2.19. The molecular weight excluding hydrogens is 246 g/mol. The molecule has 0 atom stereocenters. The maximum atomic E-state index is 11.9. The number of rotatable bonds is 7. The van der Waals surface area contributed by atoms with Crippen molar-refractivity contribution in [2.75, 3.05) is 18.8 Å². The second kappa shape index (κ2) is 6.90. The van der Waals surface area contributed by atoms with Crippen molar-refractivity contribution in [3.8, 4) is 0 Å². The molecule has 0 aromatic carbocycles. The highest BCUT2D eigenvalue weighted by molar-refractivity contribution is 7.92. The van der Waals surface area contributed by atoms with Crippen LogP contribution < -0.4 is 5.32 Å². The third-order valence-corrected chi connectivity index (χ3v) is 6.18. The van der Waals surface area contributed by atoms with Crippen LogP contribution in [-0.4, -0.2) is 32.0 Å². The Morgan fingerprint density at radius 1 is 1.00 bits per heavy atom. The minimum absolute atomic E-state index is 0.222. The molecule has 0 radical (unpaired) electrons. The molecule has 1 N–H and O–H groups in total. The van der Waals surface area contributed by atoms with Crippen LogP contribution in [0, 0.1) is 17.8 Å². The summed E-state index contributed by atoms with van der Waals surface area (Å²) in [5.74, 6) is 2.06. The van der Waals surface area contributed by atoms with Gasteiger partial charge in [-0.15, -0.1) is 0 Å². The van der Waals surface area contributed by atoms with Crippen LogP contribution in [0.2, 0.25) is 0 Å². The van der Waals surface area contributed by atoms with Gasteiger partial charge >= 0.3 is 0 Å². The second-order valence-electron chi connectivity index (χ2n) is 6.79. The van der Waals surface area contributed by atoms with Crippen LogP contribution in [0.4, 0.5) is 0 Å². The van der Waals surface area contributed by atoms with Gasteiger partial charge in [-0.2, -0.15) is 0 Å². The van der Waals surface area contributed by atoms with Crippen molar-refractivity contribution in [3.05, 3.63) is 0 Å². The Bertz CT molecular complexity index is 318. The molecule has 0 amide bonds. The summed E-state index contributed by atoms with van der Waals surface area (Å²) in [5.41, 5.74) is 0. The predicted octanol–water partition coefficient (Wildman–Crippen LogP) is 2.72. The van der Waals surface area contributed by atoms with E-state index >= 15 is 0 Å². The van der Waals surface area contributed by atoms with Crippen LogP contribution in [0.1, 0.15) is 48.5 Å². The lowest BCUT2D eigenvalue weighted by Crippen LogP contribution is -2.37. The van der Waals surface area contributed by atoms with Gasteiger partial charge in [-0.05, 0) is 45.1 Å². The molecule has 0 aromatic heterocycles. The molecule has 0 spiro atoms. The fourth-order valence-electron chi connectivity index (χ4n) is 2.02. The lowest BCUT2D eigenvalue weighted by Gasteiger charge is -2.25. The van der Waals surface area contributed by atoms with E-state index in [0.717, 1.165) is 6.54 Å². The zero-order valence-electron chi connectivity index (χ0n) is 13.1. The first-order chi connectivity index (χ1) is 7.99. The second-order valence-corrected chi connectivity index (χ2v) is 9.65. The average molecular weight is 277 g/mol. The van der Waals surface area contributed by atoms with E-state index in [1.165, 1.54) is 0 Å². The molecule has 3 nitrogen and oxygen atoms in total. The van der Waals surface area contributed by atoms with Gasteiger partial charge in [0.25, 0.3) is 0 Å². The first-order valence-electron chi connectivity index (χ1n) is 6.92. The first-order valence-corrected chi connectivity index (χ1v) is 8.57. The quantitative estimate of drug-likeness (QED) is 0.728. The molecule has 0 aliphatic carbocycles. The molecule has 4 heteroatoms. The maximum Gasteiger partial charge on any atom is 0.156 e. The minimum Gasteiger partial charge on any atom is -0.315 e. The Balaban J connectivity index is 4.15. The van der Waals surface area contributed by atoms with E-state index < -0.39 is 14.6 Å². The summed E-state index contributed by atoms with van der Waals surface area (Å²) in [7, 11) is -3.00. The Kier molecular flexibility index (Phi) is 6.86. The van der Waals surface area contributed by atoms with Crippen LogP contribution in [0.5, 0.6) is 0 Å². The molecule has 18 heavy (non-hydrogen) atoms. The molecule has 0 aromatic rings. The van der Waals surface area contributed by atoms with Crippen LogP contribution in [-0.2, 0) is 9.84 Å². The molecule has 0 fully saturated rings. The third-order valence-electron chi connectivity index (χ3n) is 3.57. The molecule has 0 unspecified atom stereocenters. The van der Waals surface area contributed by atoms with E-state index in [9.17, 15) is 8.42 Å². The smallest absolute Gasteiger partial charge is 0.156 e. The first kappa shape index (κ1) is 17.9. The van der Waals surface area contributed by atoms with Gasteiger partial charge in [-0.25, -0.2) is 8.42 Å². The van der Waals surface area contributed by atoms with Crippen LogP contribution in [0.25, 0.3) is 0 Å². The highest BCUT2D eigenvalue weighted by atomic mass is 32.2. The Labute approximate surface area is 114 Å². The van der Waals surface area contributed by atoms with Gasteiger partial charge in [0.15, 0.2) is 9.84 Å². The summed E-state index contributed by atoms with van der Waals surface area (Å²) in [6.45, 7) is 15.6. The van der Waals surface area contributed by atoms with Gasteiger partial charge in [-0.1, -0.05) is 27.7 Å². The van der Waals surface area contributed by atoms with Crippen molar-refractivity contribution < 1.29 is 8.42 Å². The standard InChI is InChI=1S/C14H31NO2S/c1-11(2)13(12(3)4)10-15-8-9-18(16,17)14(5,6)7/h11-13,15H,8-10H2,1-7H3. The molecule has 0 aliphatic heterocycles. The molecule has 0 aliphatic rings. The summed E-state index contributed by atoms with van der Waals surface area (Å²) in [5, 5.41) is 3.30. The molecule has 0 saturated carbocycles. The summed E-state index contributed by atoms with van der Waals surface area (Å²) in [4.78, 5) is 0. The van der Waals surface area contributed by atoms with Gasteiger partial charge in [0.05, 0.1) is 10.5 Å². The average Bonchev–Trinajstić information content (AvgIpc) is 2.13. The monoisotopic (exact) mass is 277 g/mol. The predicted molar refractivity (Wildman–Crippen MR) is 79.6 cm³/mol. The molecule has 110 valence electrons. The minimum atomic E-state index is -3.00. The zero-order valence-corrected chi connectivity index (χ0v) is 13.9. The summed E-state index contributed by atoms with van der Waals surface area (Å²) >= 11 is 0. The SMILES string of the molecule is CC(C)C(CNCCS(=O)(=O)C(C)(C)C)C(C)C. The maximum absolute atomic E-state index is 11.9. The molecule has 0 bridgehead atoms. The highest BCUT2D eigenvalue weighted by Gasteiger charge is 2.28. The number of nitrogens with one attached hydrogen (secondary N) is 1. The molecule has 0 rings (SSSR count). The Hall–Kier alpha value is -0.0900. The van der Waals surface area contributed by atoms with Crippen molar-refractivity contribution in [2.45, 2.75) is 53.2 Å².